The van der Waals surface area contributed by atoms with Gasteiger partial charge in [-0.3, -0.25) is 0 Å². The molecule has 0 aliphatic carbocycles. The molecule has 0 saturated heterocycles. The van der Waals surface area contributed by atoms with E-state index in [1.54, 1.807) is 23.1 Å². The van der Waals surface area contributed by atoms with Crippen molar-refractivity contribution in [2.24, 2.45) is 0 Å². The third-order valence-corrected chi connectivity index (χ3v) is 3.70. The van der Waals surface area contributed by atoms with Gasteiger partial charge in [-0.05, 0) is 30.3 Å². The van der Waals surface area contributed by atoms with E-state index < -0.39 is 0 Å². The fraction of sp³-hybridized carbons (Fsp3) is 0.273. The van der Waals surface area contributed by atoms with Gasteiger partial charge in [-0.1, -0.05) is 13.0 Å². The molecule has 1 N–H and O–H groups in total. The SMILES string of the molecule is CCCNc1cccc(Sc2nccs2)n1. The van der Waals surface area contributed by atoms with Gasteiger partial charge >= 0.3 is 0 Å². The van der Waals surface area contributed by atoms with Crippen LogP contribution in [-0.2, 0) is 0 Å². The first-order valence-corrected chi connectivity index (χ1v) is 6.86. The van der Waals surface area contributed by atoms with E-state index in [4.69, 9.17) is 0 Å². The molecule has 0 fully saturated rings. The monoisotopic (exact) mass is 251 g/mol. The second-order valence-electron chi connectivity index (χ2n) is 3.19. The molecule has 0 atom stereocenters. The molecule has 0 unspecified atom stereocenters. The molecule has 2 aromatic heterocycles. The number of pyridine rings is 1. The summed E-state index contributed by atoms with van der Waals surface area (Å²) in [4.78, 5) is 8.73. The third-order valence-electron chi connectivity index (χ3n) is 1.88. The summed E-state index contributed by atoms with van der Waals surface area (Å²) in [5.74, 6) is 0.934. The molecular weight excluding hydrogens is 238 g/mol. The lowest BCUT2D eigenvalue weighted by atomic mass is 10.4. The van der Waals surface area contributed by atoms with Gasteiger partial charge in [0.2, 0.25) is 0 Å². The van der Waals surface area contributed by atoms with Gasteiger partial charge in [-0.25, -0.2) is 9.97 Å². The van der Waals surface area contributed by atoms with Crippen LogP contribution in [0.1, 0.15) is 13.3 Å². The number of anilines is 1. The highest BCUT2D eigenvalue weighted by atomic mass is 32.2. The Labute approximate surface area is 103 Å². The lowest BCUT2D eigenvalue weighted by Crippen LogP contribution is -2.01. The van der Waals surface area contributed by atoms with Crippen molar-refractivity contribution in [1.82, 2.24) is 9.97 Å². The Balaban J connectivity index is 2.04. The minimum Gasteiger partial charge on any atom is -0.370 e. The zero-order chi connectivity index (χ0) is 11.2. The van der Waals surface area contributed by atoms with Gasteiger partial charge in [0.25, 0.3) is 0 Å². The number of hydrogen-bond donors (Lipinski definition) is 1. The van der Waals surface area contributed by atoms with E-state index >= 15 is 0 Å². The number of aromatic nitrogens is 2. The van der Waals surface area contributed by atoms with Crippen LogP contribution in [0.3, 0.4) is 0 Å². The van der Waals surface area contributed by atoms with E-state index in [2.05, 4.69) is 22.2 Å². The summed E-state index contributed by atoms with van der Waals surface area (Å²) in [6, 6.07) is 6.01. The predicted octanol–water partition coefficient (Wildman–Crippen LogP) is 3.51. The van der Waals surface area contributed by atoms with Crippen LogP contribution in [0.4, 0.5) is 5.82 Å². The van der Waals surface area contributed by atoms with Crippen molar-refractivity contribution in [3.63, 3.8) is 0 Å². The van der Waals surface area contributed by atoms with Crippen LogP contribution in [0, 0.1) is 0 Å². The first kappa shape index (κ1) is 11.4. The van der Waals surface area contributed by atoms with Gasteiger partial charge in [0.05, 0.1) is 0 Å². The molecule has 0 amide bonds. The molecule has 0 aromatic carbocycles. The van der Waals surface area contributed by atoms with E-state index in [1.807, 2.05) is 29.8 Å². The van der Waals surface area contributed by atoms with Crippen molar-refractivity contribution >= 4 is 28.9 Å². The normalized spacial score (nSPS) is 10.3. The zero-order valence-electron chi connectivity index (χ0n) is 9.01. The second-order valence-corrected chi connectivity index (χ2v) is 5.35. The molecule has 16 heavy (non-hydrogen) atoms. The number of nitrogens with zero attached hydrogens (tertiary/aromatic N) is 2. The molecule has 2 rings (SSSR count). The van der Waals surface area contributed by atoms with Crippen LogP contribution in [0.25, 0.3) is 0 Å². The summed E-state index contributed by atoms with van der Waals surface area (Å²) in [5, 5.41) is 6.23. The van der Waals surface area contributed by atoms with Crippen molar-refractivity contribution < 1.29 is 0 Å². The maximum atomic E-state index is 4.50. The average Bonchev–Trinajstić information content (AvgIpc) is 2.80. The van der Waals surface area contributed by atoms with Gasteiger partial charge in [-0.2, -0.15) is 0 Å². The fourth-order valence-electron chi connectivity index (χ4n) is 1.17. The molecule has 2 heterocycles. The second kappa shape index (κ2) is 5.86. The number of rotatable bonds is 5. The van der Waals surface area contributed by atoms with Crippen LogP contribution in [-0.4, -0.2) is 16.5 Å². The fourth-order valence-corrected chi connectivity index (χ4v) is 2.73. The predicted molar refractivity (Wildman–Crippen MR) is 69.3 cm³/mol. The summed E-state index contributed by atoms with van der Waals surface area (Å²) < 4.78 is 1.03. The summed E-state index contributed by atoms with van der Waals surface area (Å²) in [5.41, 5.74) is 0. The molecule has 84 valence electrons. The topological polar surface area (TPSA) is 37.8 Å². The standard InChI is InChI=1S/C11H13N3S2/c1-2-6-12-9-4-3-5-10(14-9)16-11-13-7-8-15-11/h3-5,7-8H,2,6H2,1H3,(H,12,14). The van der Waals surface area contributed by atoms with Gasteiger partial charge in [-0.15, -0.1) is 11.3 Å². The maximum Gasteiger partial charge on any atom is 0.156 e. The Morgan fingerprint density at radius 1 is 1.44 bits per heavy atom. The minimum atomic E-state index is 0.934. The largest absolute Gasteiger partial charge is 0.370 e. The molecule has 0 aliphatic rings. The Kier molecular flexibility index (Phi) is 4.18. The molecule has 0 aliphatic heterocycles. The van der Waals surface area contributed by atoms with Crippen LogP contribution >= 0.6 is 23.1 Å². The highest BCUT2D eigenvalue weighted by Gasteiger charge is 2.01. The lowest BCUT2D eigenvalue weighted by molar-refractivity contribution is 0.959. The highest BCUT2D eigenvalue weighted by Crippen LogP contribution is 2.28. The zero-order valence-corrected chi connectivity index (χ0v) is 10.6. The van der Waals surface area contributed by atoms with Crippen molar-refractivity contribution in [3.8, 4) is 0 Å². The summed E-state index contributed by atoms with van der Waals surface area (Å²) in [6.45, 7) is 3.10. The van der Waals surface area contributed by atoms with Crippen molar-refractivity contribution in [1.29, 1.82) is 0 Å². The van der Waals surface area contributed by atoms with Crippen molar-refractivity contribution in [3.05, 3.63) is 29.8 Å². The van der Waals surface area contributed by atoms with Crippen LogP contribution in [0.15, 0.2) is 39.1 Å². The minimum absolute atomic E-state index is 0.934. The van der Waals surface area contributed by atoms with Crippen molar-refractivity contribution in [2.75, 3.05) is 11.9 Å². The van der Waals surface area contributed by atoms with Crippen LogP contribution in [0.5, 0.6) is 0 Å². The first-order chi connectivity index (χ1) is 7.88. The molecular formula is C11H13N3S2. The quantitative estimate of drug-likeness (QED) is 0.882. The van der Waals surface area contributed by atoms with E-state index in [9.17, 15) is 0 Å². The molecule has 0 saturated carbocycles. The number of hydrogen-bond acceptors (Lipinski definition) is 5. The van der Waals surface area contributed by atoms with Crippen LogP contribution in [0.2, 0.25) is 0 Å². The average molecular weight is 251 g/mol. The Bertz CT molecular complexity index is 429. The summed E-state index contributed by atoms with van der Waals surface area (Å²) in [7, 11) is 0. The first-order valence-electron chi connectivity index (χ1n) is 5.17. The van der Waals surface area contributed by atoms with E-state index in [1.165, 1.54) is 0 Å². The van der Waals surface area contributed by atoms with Crippen molar-refractivity contribution in [2.45, 2.75) is 22.7 Å². The maximum absolute atomic E-state index is 4.50. The molecule has 0 bridgehead atoms. The Hall–Kier alpha value is -1.07. The van der Waals surface area contributed by atoms with Gasteiger partial charge in [0.15, 0.2) is 4.34 Å². The third kappa shape index (κ3) is 3.21. The molecule has 2 aromatic rings. The molecule has 5 heteroatoms. The van der Waals surface area contributed by atoms with Gasteiger partial charge in [0.1, 0.15) is 10.8 Å². The Morgan fingerprint density at radius 2 is 2.38 bits per heavy atom. The summed E-state index contributed by atoms with van der Waals surface area (Å²) >= 11 is 3.23. The summed E-state index contributed by atoms with van der Waals surface area (Å²) in [6.07, 6.45) is 2.91. The lowest BCUT2D eigenvalue weighted by Gasteiger charge is -2.04. The van der Waals surface area contributed by atoms with Gasteiger partial charge < -0.3 is 5.32 Å². The van der Waals surface area contributed by atoms with E-state index in [0.29, 0.717) is 0 Å². The Morgan fingerprint density at radius 3 is 3.12 bits per heavy atom. The van der Waals surface area contributed by atoms with Crippen LogP contribution < -0.4 is 5.32 Å². The highest BCUT2D eigenvalue weighted by molar-refractivity contribution is 8.00. The number of thiazole rings is 1. The van der Waals surface area contributed by atoms with E-state index in [-0.39, 0.29) is 0 Å². The molecule has 0 spiro atoms. The number of nitrogens with one attached hydrogen (secondary N) is 1. The van der Waals surface area contributed by atoms with Gasteiger partial charge in [0, 0.05) is 18.1 Å². The smallest absolute Gasteiger partial charge is 0.156 e. The van der Waals surface area contributed by atoms with E-state index in [0.717, 1.165) is 28.1 Å². The molecule has 3 nitrogen and oxygen atoms in total. The molecule has 0 radical (unpaired) electrons.